The Balaban J connectivity index is 0.000000216. The van der Waals surface area contributed by atoms with Gasteiger partial charge in [-0.2, -0.15) is 0 Å². The summed E-state index contributed by atoms with van der Waals surface area (Å²) in [6.07, 6.45) is -0.265. The zero-order valence-corrected chi connectivity index (χ0v) is 23.4. The SMILES string of the molecule is Nc1c(CC(=O)O)cccc1C(=O)c1ccc(Br)cc1.O=C(O)Cc1ccccc1Nc1c(Cl)cccc1Cl. The molecule has 4 aromatic carbocycles. The van der Waals surface area contributed by atoms with Crippen LogP contribution in [0.4, 0.5) is 17.1 Å². The van der Waals surface area contributed by atoms with Gasteiger partial charge >= 0.3 is 11.9 Å². The maximum absolute atomic E-state index is 12.4. The molecule has 0 aliphatic carbocycles. The van der Waals surface area contributed by atoms with Crippen LogP contribution in [-0.2, 0) is 22.4 Å². The third kappa shape index (κ3) is 8.32. The van der Waals surface area contributed by atoms with Crippen molar-refractivity contribution >= 4 is 73.9 Å². The Morgan fingerprint density at radius 3 is 1.90 bits per heavy atom. The summed E-state index contributed by atoms with van der Waals surface area (Å²) in [6.45, 7) is 0. The first-order valence-corrected chi connectivity index (χ1v) is 13.0. The highest BCUT2D eigenvalue weighted by atomic mass is 79.9. The number of benzene rings is 4. The Kier molecular flexibility index (Phi) is 10.5. The van der Waals surface area contributed by atoms with Crippen molar-refractivity contribution in [3.8, 4) is 0 Å². The Hall–Kier alpha value is -3.85. The number of carbonyl (C=O) groups is 3. The van der Waals surface area contributed by atoms with Gasteiger partial charge in [0.25, 0.3) is 0 Å². The van der Waals surface area contributed by atoms with Gasteiger partial charge in [-0.1, -0.05) is 75.5 Å². The topological polar surface area (TPSA) is 130 Å². The van der Waals surface area contributed by atoms with E-state index in [0.29, 0.717) is 43.7 Å². The molecule has 0 unspecified atom stereocenters. The Morgan fingerprint density at radius 1 is 0.744 bits per heavy atom. The third-order valence-corrected chi connectivity index (χ3v) is 6.63. The molecular formula is C29H23BrCl2N2O5. The Labute approximate surface area is 243 Å². The van der Waals surface area contributed by atoms with E-state index in [2.05, 4.69) is 21.2 Å². The number of halogens is 3. The van der Waals surface area contributed by atoms with Crippen LogP contribution in [0.5, 0.6) is 0 Å². The predicted molar refractivity (Wildman–Crippen MR) is 157 cm³/mol. The maximum Gasteiger partial charge on any atom is 0.307 e. The molecule has 0 saturated carbocycles. The molecule has 5 N–H and O–H groups in total. The zero-order valence-electron chi connectivity index (χ0n) is 20.3. The van der Waals surface area contributed by atoms with E-state index in [4.69, 9.17) is 39.1 Å². The number of rotatable bonds is 8. The van der Waals surface area contributed by atoms with Gasteiger partial charge in [-0.05, 0) is 59.7 Å². The number of carbonyl (C=O) groups excluding carboxylic acids is 1. The van der Waals surface area contributed by atoms with Crippen molar-refractivity contribution in [2.45, 2.75) is 12.8 Å². The van der Waals surface area contributed by atoms with Crippen LogP contribution in [0.3, 0.4) is 0 Å². The summed E-state index contributed by atoms with van der Waals surface area (Å²) in [6, 6.07) is 24.1. The van der Waals surface area contributed by atoms with E-state index in [1.54, 1.807) is 78.9 Å². The molecule has 0 radical (unpaired) electrons. The van der Waals surface area contributed by atoms with Crippen LogP contribution in [-0.4, -0.2) is 27.9 Å². The number of carboxylic acids is 2. The summed E-state index contributed by atoms with van der Waals surface area (Å²) in [7, 11) is 0. The summed E-state index contributed by atoms with van der Waals surface area (Å²) in [4.78, 5) is 34.0. The highest BCUT2D eigenvalue weighted by molar-refractivity contribution is 9.10. The summed E-state index contributed by atoms with van der Waals surface area (Å²) < 4.78 is 0.877. The molecule has 4 aromatic rings. The number of aliphatic carboxylic acids is 2. The summed E-state index contributed by atoms with van der Waals surface area (Å²) >= 11 is 15.5. The molecule has 39 heavy (non-hydrogen) atoms. The highest BCUT2D eigenvalue weighted by Crippen LogP contribution is 2.33. The molecule has 0 bridgehead atoms. The summed E-state index contributed by atoms with van der Waals surface area (Å²) in [5.41, 5.74) is 9.33. The molecule has 0 aromatic heterocycles. The summed E-state index contributed by atoms with van der Waals surface area (Å²) in [5, 5.41) is 21.8. The number of anilines is 3. The fourth-order valence-electron chi connectivity index (χ4n) is 3.60. The van der Waals surface area contributed by atoms with Crippen LogP contribution in [0.15, 0.2) is 89.4 Å². The number of nitrogen functional groups attached to an aromatic ring is 1. The second-order valence-corrected chi connectivity index (χ2v) is 9.96. The smallest absolute Gasteiger partial charge is 0.307 e. The molecule has 0 spiro atoms. The van der Waals surface area contributed by atoms with Gasteiger partial charge in [0.2, 0.25) is 0 Å². The minimum atomic E-state index is -0.982. The Bertz CT molecular complexity index is 1490. The molecule has 200 valence electrons. The van der Waals surface area contributed by atoms with Gasteiger partial charge in [0.05, 0.1) is 28.6 Å². The van der Waals surface area contributed by atoms with Crippen LogP contribution < -0.4 is 11.1 Å². The van der Waals surface area contributed by atoms with Gasteiger partial charge < -0.3 is 21.3 Å². The normalized spacial score (nSPS) is 10.2. The molecular weight excluding hydrogens is 607 g/mol. The lowest BCUT2D eigenvalue weighted by atomic mass is 9.98. The van der Waals surface area contributed by atoms with E-state index >= 15 is 0 Å². The molecule has 0 heterocycles. The van der Waals surface area contributed by atoms with Gasteiger partial charge in [0.15, 0.2) is 5.78 Å². The first-order chi connectivity index (χ1) is 18.6. The molecule has 7 nitrogen and oxygen atoms in total. The van der Waals surface area contributed by atoms with Crippen LogP contribution in [0.25, 0.3) is 0 Å². The summed E-state index contributed by atoms with van der Waals surface area (Å²) in [5.74, 6) is -2.09. The number of para-hydroxylation sites is 3. The lowest BCUT2D eigenvalue weighted by molar-refractivity contribution is -0.137. The number of nitrogens with one attached hydrogen (secondary N) is 1. The molecule has 0 aliphatic heterocycles. The number of nitrogens with two attached hydrogens (primary N) is 1. The van der Waals surface area contributed by atoms with Crippen molar-refractivity contribution in [2.24, 2.45) is 0 Å². The van der Waals surface area contributed by atoms with Gasteiger partial charge in [0, 0.05) is 27.0 Å². The highest BCUT2D eigenvalue weighted by Gasteiger charge is 2.16. The van der Waals surface area contributed by atoms with Crippen molar-refractivity contribution in [3.63, 3.8) is 0 Å². The van der Waals surface area contributed by atoms with E-state index in [9.17, 15) is 14.4 Å². The van der Waals surface area contributed by atoms with Crippen molar-refractivity contribution in [1.29, 1.82) is 0 Å². The van der Waals surface area contributed by atoms with Gasteiger partial charge in [-0.3, -0.25) is 14.4 Å². The molecule has 10 heteroatoms. The fraction of sp³-hybridized carbons (Fsp3) is 0.0690. The van der Waals surface area contributed by atoms with Crippen LogP contribution in [0, 0.1) is 0 Å². The van der Waals surface area contributed by atoms with E-state index < -0.39 is 11.9 Å². The van der Waals surface area contributed by atoms with Crippen LogP contribution >= 0.6 is 39.1 Å². The van der Waals surface area contributed by atoms with Crippen molar-refractivity contribution in [1.82, 2.24) is 0 Å². The number of ketones is 1. The second-order valence-electron chi connectivity index (χ2n) is 8.23. The third-order valence-electron chi connectivity index (χ3n) is 5.47. The second kappa shape index (κ2) is 13.8. The lowest BCUT2D eigenvalue weighted by Crippen LogP contribution is -2.10. The van der Waals surface area contributed by atoms with E-state index in [1.807, 2.05) is 6.07 Å². The van der Waals surface area contributed by atoms with E-state index in [-0.39, 0.29) is 24.3 Å². The van der Waals surface area contributed by atoms with Gasteiger partial charge in [0.1, 0.15) is 0 Å². The average Bonchev–Trinajstić information content (AvgIpc) is 2.88. The molecule has 4 rings (SSSR count). The Morgan fingerprint density at radius 2 is 1.28 bits per heavy atom. The number of carboxylic acid groups (broad SMARTS) is 2. The van der Waals surface area contributed by atoms with Crippen molar-refractivity contribution < 1.29 is 24.6 Å². The standard InChI is InChI=1S/C15H12BrNO3.C14H11Cl2NO2/c16-11-6-4-9(5-7-11)15(20)12-3-1-2-10(14(12)17)8-13(18)19;15-10-5-3-6-11(16)14(10)17-12-7-2-1-4-9(12)8-13(18)19/h1-7H,8,17H2,(H,18,19);1-7,17H,8H2,(H,18,19). The molecule has 0 amide bonds. The molecule has 0 atom stereocenters. The largest absolute Gasteiger partial charge is 0.481 e. The van der Waals surface area contributed by atoms with E-state index in [1.165, 1.54) is 0 Å². The minimum Gasteiger partial charge on any atom is -0.481 e. The monoisotopic (exact) mass is 628 g/mol. The fourth-order valence-corrected chi connectivity index (χ4v) is 4.35. The molecule has 0 saturated heterocycles. The molecule has 0 aliphatic rings. The quantitative estimate of drug-likeness (QED) is 0.119. The minimum absolute atomic E-state index is 0.0642. The van der Waals surface area contributed by atoms with Crippen molar-refractivity contribution in [3.05, 3.63) is 122 Å². The van der Waals surface area contributed by atoms with Crippen LogP contribution in [0.2, 0.25) is 10.0 Å². The maximum atomic E-state index is 12.4. The van der Waals surface area contributed by atoms with Gasteiger partial charge in [-0.15, -0.1) is 0 Å². The first kappa shape index (κ1) is 29.7. The van der Waals surface area contributed by atoms with Gasteiger partial charge in [-0.25, -0.2) is 0 Å². The van der Waals surface area contributed by atoms with Crippen molar-refractivity contribution in [2.75, 3.05) is 11.1 Å². The molecule has 0 fully saturated rings. The average molecular weight is 630 g/mol. The number of hydrogen-bond acceptors (Lipinski definition) is 5. The van der Waals surface area contributed by atoms with Crippen LogP contribution in [0.1, 0.15) is 27.0 Å². The number of hydrogen-bond donors (Lipinski definition) is 4. The zero-order chi connectivity index (χ0) is 28.5. The first-order valence-electron chi connectivity index (χ1n) is 11.5. The van der Waals surface area contributed by atoms with E-state index in [0.717, 1.165) is 4.47 Å². The predicted octanol–water partition coefficient (Wildman–Crippen LogP) is 7.25. The lowest BCUT2D eigenvalue weighted by Gasteiger charge is -2.13.